The van der Waals surface area contributed by atoms with Crippen molar-refractivity contribution < 1.29 is 17.9 Å². The van der Waals surface area contributed by atoms with Gasteiger partial charge < -0.3 is 9.15 Å². The zero-order chi connectivity index (χ0) is 15.0. The maximum absolute atomic E-state index is 13.8. The Kier molecular flexibility index (Phi) is 3.17. The maximum atomic E-state index is 13.8. The minimum Gasteiger partial charge on any atom is -0.497 e. The molecule has 2 aromatic carbocycles. The van der Waals surface area contributed by atoms with Crippen LogP contribution in [0.5, 0.6) is 5.75 Å². The third kappa shape index (κ3) is 2.16. The lowest BCUT2D eigenvalue weighted by Gasteiger charge is -2.05. The number of methoxy groups -OCH3 is 1. The molecule has 5 heteroatoms. The molecule has 106 valence electrons. The number of hydrogen-bond acceptors (Lipinski definition) is 3. The molecule has 3 rings (SSSR count). The van der Waals surface area contributed by atoms with Gasteiger partial charge in [-0.25, -0.2) is 8.78 Å². The van der Waals surface area contributed by atoms with E-state index in [2.05, 4.69) is 0 Å². The summed E-state index contributed by atoms with van der Waals surface area (Å²) >= 11 is 0. The summed E-state index contributed by atoms with van der Waals surface area (Å²) in [7, 11) is 1.50. The molecular formula is C16H10F2O3. The largest absolute Gasteiger partial charge is 0.497 e. The van der Waals surface area contributed by atoms with Crippen LogP contribution in [0.15, 0.2) is 51.9 Å². The molecule has 0 spiro atoms. The van der Waals surface area contributed by atoms with Crippen molar-refractivity contribution in [2.75, 3.05) is 7.11 Å². The maximum Gasteiger partial charge on any atom is 0.200 e. The van der Waals surface area contributed by atoms with Crippen molar-refractivity contribution in [3.8, 4) is 16.9 Å². The van der Waals surface area contributed by atoms with Gasteiger partial charge in [0, 0.05) is 11.6 Å². The van der Waals surface area contributed by atoms with Crippen LogP contribution < -0.4 is 10.2 Å². The van der Waals surface area contributed by atoms with E-state index in [1.54, 1.807) is 12.1 Å². The van der Waals surface area contributed by atoms with E-state index in [1.165, 1.54) is 25.3 Å². The second kappa shape index (κ2) is 5.01. The Bertz CT molecular complexity index is 884. The van der Waals surface area contributed by atoms with Gasteiger partial charge in [0.2, 0.25) is 5.43 Å². The van der Waals surface area contributed by atoms with E-state index < -0.39 is 17.1 Å². The average molecular weight is 288 g/mol. The number of hydrogen-bond donors (Lipinski definition) is 0. The van der Waals surface area contributed by atoms with E-state index in [1.807, 2.05) is 0 Å². The van der Waals surface area contributed by atoms with Crippen LogP contribution in [0.2, 0.25) is 0 Å². The van der Waals surface area contributed by atoms with Crippen molar-refractivity contribution in [3.63, 3.8) is 0 Å². The molecule has 0 aliphatic heterocycles. The standard InChI is InChI=1S/C16H10F2O3/c1-20-9-5-6-11-14(7-9)21-8-12(16(11)19)10-3-2-4-13(17)15(10)18/h2-8H,1H3. The Labute approximate surface area is 118 Å². The van der Waals surface area contributed by atoms with Crippen LogP contribution in [0.1, 0.15) is 0 Å². The smallest absolute Gasteiger partial charge is 0.200 e. The van der Waals surface area contributed by atoms with Crippen molar-refractivity contribution in [2.45, 2.75) is 0 Å². The van der Waals surface area contributed by atoms with Gasteiger partial charge in [0.25, 0.3) is 0 Å². The van der Waals surface area contributed by atoms with Crippen molar-refractivity contribution in [1.82, 2.24) is 0 Å². The average Bonchev–Trinajstić information content (AvgIpc) is 2.50. The van der Waals surface area contributed by atoms with E-state index in [-0.39, 0.29) is 16.5 Å². The summed E-state index contributed by atoms with van der Waals surface area (Å²) in [6.45, 7) is 0. The fraction of sp³-hybridized carbons (Fsp3) is 0.0625. The van der Waals surface area contributed by atoms with Crippen LogP contribution in [0, 0.1) is 11.6 Å². The zero-order valence-corrected chi connectivity index (χ0v) is 11.0. The Balaban J connectivity index is 2.28. The fourth-order valence-corrected chi connectivity index (χ4v) is 2.13. The van der Waals surface area contributed by atoms with Crippen LogP contribution in [-0.2, 0) is 0 Å². The summed E-state index contributed by atoms with van der Waals surface area (Å²) in [6, 6.07) is 8.35. The first-order valence-corrected chi connectivity index (χ1v) is 6.16. The summed E-state index contributed by atoms with van der Waals surface area (Å²) in [5.41, 5.74) is -0.255. The molecule has 0 aliphatic rings. The fourth-order valence-electron chi connectivity index (χ4n) is 2.13. The molecule has 1 heterocycles. The summed E-state index contributed by atoms with van der Waals surface area (Å²) in [5, 5.41) is 0.275. The minimum atomic E-state index is -1.07. The van der Waals surface area contributed by atoms with Crippen LogP contribution in [0.4, 0.5) is 8.78 Å². The second-order valence-corrected chi connectivity index (χ2v) is 4.44. The quantitative estimate of drug-likeness (QED) is 0.721. The Morgan fingerprint density at radius 3 is 2.67 bits per heavy atom. The molecule has 0 saturated heterocycles. The summed E-state index contributed by atoms with van der Waals surface area (Å²) in [6.07, 6.45) is 1.13. The lowest BCUT2D eigenvalue weighted by molar-refractivity contribution is 0.414. The molecule has 0 amide bonds. The summed E-state index contributed by atoms with van der Waals surface area (Å²) in [4.78, 5) is 12.4. The van der Waals surface area contributed by atoms with Crippen molar-refractivity contribution in [2.24, 2.45) is 0 Å². The molecule has 0 saturated carbocycles. The molecule has 0 fully saturated rings. The summed E-state index contributed by atoms with van der Waals surface area (Å²) < 4.78 is 37.5. The first-order chi connectivity index (χ1) is 10.1. The minimum absolute atomic E-state index is 0.0235. The normalized spacial score (nSPS) is 10.8. The van der Waals surface area contributed by atoms with Gasteiger partial charge in [0.15, 0.2) is 11.6 Å². The van der Waals surface area contributed by atoms with Crippen molar-refractivity contribution in [1.29, 1.82) is 0 Å². The van der Waals surface area contributed by atoms with E-state index in [0.29, 0.717) is 11.3 Å². The third-order valence-corrected chi connectivity index (χ3v) is 3.22. The number of benzene rings is 2. The number of fused-ring (bicyclic) bond motifs is 1. The molecule has 3 nitrogen and oxygen atoms in total. The highest BCUT2D eigenvalue weighted by atomic mass is 19.2. The SMILES string of the molecule is COc1ccc2c(=O)c(-c3cccc(F)c3F)coc2c1. The van der Waals surface area contributed by atoms with Gasteiger partial charge in [0.1, 0.15) is 17.6 Å². The molecule has 0 aliphatic carbocycles. The summed E-state index contributed by atoms with van der Waals surface area (Å²) in [5.74, 6) is -1.55. The first kappa shape index (κ1) is 13.3. The van der Waals surface area contributed by atoms with Gasteiger partial charge in [-0.3, -0.25) is 4.79 Å². The highest BCUT2D eigenvalue weighted by Crippen LogP contribution is 2.25. The number of halogens is 2. The highest BCUT2D eigenvalue weighted by Gasteiger charge is 2.15. The van der Waals surface area contributed by atoms with Crippen LogP contribution in [-0.4, -0.2) is 7.11 Å². The molecule has 0 atom stereocenters. The second-order valence-electron chi connectivity index (χ2n) is 4.44. The molecule has 0 unspecified atom stereocenters. The molecular weight excluding hydrogens is 278 g/mol. The van der Waals surface area contributed by atoms with Gasteiger partial charge in [-0.2, -0.15) is 0 Å². The van der Waals surface area contributed by atoms with Crippen molar-refractivity contribution in [3.05, 3.63) is 64.5 Å². The molecule has 0 N–H and O–H groups in total. The van der Waals surface area contributed by atoms with E-state index in [4.69, 9.17) is 9.15 Å². The first-order valence-electron chi connectivity index (χ1n) is 6.16. The molecule has 0 radical (unpaired) electrons. The molecule has 0 bridgehead atoms. The molecule has 1 aromatic heterocycles. The highest BCUT2D eigenvalue weighted by molar-refractivity contribution is 5.82. The van der Waals surface area contributed by atoms with Gasteiger partial charge in [-0.05, 0) is 18.2 Å². The predicted molar refractivity (Wildman–Crippen MR) is 74.4 cm³/mol. The Morgan fingerprint density at radius 1 is 1.10 bits per heavy atom. The predicted octanol–water partition coefficient (Wildman–Crippen LogP) is 3.75. The third-order valence-electron chi connectivity index (χ3n) is 3.22. The van der Waals surface area contributed by atoms with Gasteiger partial charge in [-0.15, -0.1) is 0 Å². The van der Waals surface area contributed by atoms with E-state index >= 15 is 0 Å². The van der Waals surface area contributed by atoms with E-state index in [9.17, 15) is 13.6 Å². The van der Waals surface area contributed by atoms with Crippen LogP contribution in [0.3, 0.4) is 0 Å². The van der Waals surface area contributed by atoms with Crippen LogP contribution in [0.25, 0.3) is 22.1 Å². The molecule has 21 heavy (non-hydrogen) atoms. The Hall–Kier alpha value is -2.69. The van der Waals surface area contributed by atoms with Gasteiger partial charge in [0.05, 0.1) is 18.1 Å². The van der Waals surface area contributed by atoms with E-state index in [0.717, 1.165) is 12.3 Å². The lowest BCUT2D eigenvalue weighted by Crippen LogP contribution is -2.06. The molecule has 3 aromatic rings. The van der Waals surface area contributed by atoms with Crippen LogP contribution >= 0.6 is 0 Å². The zero-order valence-electron chi connectivity index (χ0n) is 11.0. The number of rotatable bonds is 2. The topological polar surface area (TPSA) is 39.4 Å². The Morgan fingerprint density at radius 2 is 1.90 bits per heavy atom. The number of ether oxygens (including phenoxy) is 1. The van der Waals surface area contributed by atoms with Gasteiger partial charge in [-0.1, -0.05) is 12.1 Å². The lowest BCUT2D eigenvalue weighted by atomic mass is 10.0. The van der Waals surface area contributed by atoms with Gasteiger partial charge >= 0.3 is 0 Å². The van der Waals surface area contributed by atoms with Crippen molar-refractivity contribution >= 4 is 11.0 Å². The monoisotopic (exact) mass is 288 g/mol.